The molecule has 0 radical (unpaired) electrons. The van der Waals surface area contributed by atoms with Gasteiger partial charge in [0.15, 0.2) is 11.6 Å². The fourth-order valence-corrected chi connectivity index (χ4v) is 3.43. The Kier molecular flexibility index (Phi) is 5.63. The van der Waals surface area contributed by atoms with Crippen molar-refractivity contribution in [2.45, 2.75) is 31.8 Å². The summed E-state index contributed by atoms with van der Waals surface area (Å²) in [6, 6.07) is 10.9. The highest BCUT2D eigenvalue weighted by Gasteiger charge is 2.51. The lowest BCUT2D eigenvalue weighted by atomic mass is 9.87. The smallest absolute Gasteiger partial charge is 0.325 e. The van der Waals surface area contributed by atoms with E-state index in [4.69, 9.17) is 0 Å². The molecule has 1 heterocycles. The molecule has 2 aromatic carbocycles. The monoisotopic (exact) mass is 401 g/mol. The third-order valence-electron chi connectivity index (χ3n) is 5.10. The molecule has 6 nitrogen and oxygen atoms in total. The molecule has 1 saturated heterocycles. The van der Waals surface area contributed by atoms with Gasteiger partial charge in [-0.2, -0.15) is 0 Å². The van der Waals surface area contributed by atoms with Gasteiger partial charge in [-0.3, -0.25) is 14.5 Å². The Bertz CT molecular complexity index is 951. The van der Waals surface area contributed by atoms with Gasteiger partial charge in [0.1, 0.15) is 12.1 Å². The summed E-state index contributed by atoms with van der Waals surface area (Å²) < 4.78 is 26.5. The zero-order valence-electron chi connectivity index (χ0n) is 16.0. The Hall–Kier alpha value is -3.29. The number of carbonyl (C=O) groups is 3. The number of hydrogen-bond acceptors (Lipinski definition) is 3. The third kappa shape index (κ3) is 3.83. The van der Waals surface area contributed by atoms with E-state index in [2.05, 4.69) is 10.6 Å². The quantitative estimate of drug-likeness (QED) is 0.731. The molecule has 0 saturated carbocycles. The molecule has 0 bridgehead atoms. The molecular formula is C21H21F2N3O3. The van der Waals surface area contributed by atoms with E-state index < -0.39 is 47.6 Å². The number of carbonyl (C=O) groups excluding carboxylic acids is 3. The van der Waals surface area contributed by atoms with E-state index in [9.17, 15) is 23.2 Å². The Balaban J connectivity index is 1.72. The molecule has 0 aliphatic carbocycles. The van der Waals surface area contributed by atoms with Crippen LogP contribution in [0.1, 0.15) is 37.4 Å². The van der Waals surface area contributed by atoms with Crippen molar-refractivity contribution >= 4 is 17.8 Å². The van der Waals surface area contributed by atoms with Crippen LogP contribution in [0.3, 0.4) is 0 Å². The highest BCUT2D eigenvalue weighted by Crippen LogP contribution is 2.32. The van der Waals surface area contributed by atoms with Crippen molar-refractivity contribution in [2.24, 2.45) is 0 Å². The van der Waals surface area contributed by atoms with Crippen LogP contribution in [-0.4, -0.2) is 29.3 Å². The van der Waals surface area contributed by atoms with Gasteiger partial charge in [-0.1, -0.05) is 43.3 Å². The highest BCUT2D eigenvalue weighted by atomic mass is 19.2. The Morgan fingerprint density at radius 1 is 1.14 bits per heavy atom. The number of rotatable bonds is 6. The molecule has 2 N–H and O–H groups in total. The Labute approximate surface area is 166 Å². The fourth-order valence-electron chi connectivity index (χ4n) is 3.43. The summed E-state index contributed by atoms with van der Waals surface area (Å²) >= 11 is 0. The number of amides is 4. The molecule has 2 unspecified atom stereocenters. The predicted molar refractivity (Wildman–Crippen MR) is 102 cm³/mol. The van der Waals surface area contributed by atoms with Gasteiger partial charge in [0.05, 0.1) is 6.04 Å². The number of nitrogens with zero attached hydrogens (tertiary/aromatic N) is 1. The van der Waals surface area contributed by atoms with Crippen LogP contribution in [0.5, 0.6) is 0 Å². The van der Waals surface area contributed by atoms with E-state index in [0.717, 1.165) is 17.0 Å². The largest absolute Gasteiger partial charge is 0.348 e. The Morgan fingerprint density at radius 3 is 2.45 bits per heavy atom. The predicted octanol–water partition coefficient (Wildman–Crippen LogP) is 3.00. The number of benzene rings is 2. The van der Waals surface area contributed by atoms with Crippen LogP contribution in [0.4, 0.5) is 13.6 Å². The zero-order chi connectivity index (χ0) is 21.2. The molecular weight excluding hydrogens is 380 g/mol. The number of urea groups is 1. The van der Waals surface area contributed by atoms with Gasteiger partial charge < -0.3 is 10.6 Å². The summed E-state index contributed by atoms with van der Waals surface area (Å²) in [6.07, 6.45) is 0.324. The van der Waals surface area contributed by atoms with E-state index in [0.29, 0.717) is 17.5 Å². The van der Waals surface area contributed by atoms with Crippen LogP contribution >= 0.6 is 0 Å². The first-order valence-electron chi connectivity index (χ1n) is 9.22. The van der Waals surface area contributed by atoms with Crippen molar-refractivity contribution in [1.29, 1.82) is 0 Å². The molecule has 4 amide bonds. The molecule has 29 heavy (non-hydrogen) atoms. The third-order valence-corrected chi connectivity index (χ3v) is 5.10. The van der Waals surface area contributed by atoms with Gasteiger partial charge in [-0.05, 0) is 36.6 Å². The maximum atomic E-state index is 13.4. The molecule has 0 aromatic heterocycles. The van der Waals surface area contributed by atoms with Crippen LogP contribution in [0.15, 0.2) is 48.5 Å². The standard InChI is InChI=1S/C21H21F2N3O3/c1-3-21(15-7-5-4-6-8-15)19(28)26(20(29)25-21)12-18(27)24-13(2)14-9-10-16(22)17(23)11-14/h4-11,13H,3,12H2,1-2H3,(H,24,27)(H,25,29). The summed E-state index contributed by atoms with van der Waals surface area (Å²) in [4.78, 5) is 38.7. The molecule has 1 aliphatic rings. The van der Waals surface area contributed by atoms with Crippen LogP contribution in [0.2, 0.25) is 0 Å². The van der Waals surface area contributed by atoms with Gasteiger partial charge in [0.25, 0.3) is 5.91 Å². The molecule has 3 rings (SSSR count). The lowest BCUT2D eigenvalue weighted by Gasteiger charge is -2.25. The molecule has 8 heteroatoms. The summed E-state index contributed by atoms with van der Waals surface area (Å²) in [7, 11) is 0. The topological polar surface area (TPSA) is 78.5 Å². The lowest BCUT2D eigenvalue weighted by Crippen LogP contribution is -2.45. The van der Waals surface area contributed by atoms with E-state index in [-0.39, 0.29) is 0 Å². The van der Waals surface area contributed by atoms with E-state index in [1.165, 1.54) is 6.07 Å². The number of imide groups is 1. The summed E-state index contributed by atoms with van der Waals surface area (Å²) in [5, 5.41) is 5.30. The minimum atomic E-state index is -1.22. The van der Waals surface area contributed by atoms with Crippen molar-refractivity contribution < 1.29 is 23.2 Å². The minimum Gasteiger partial charge on any atom is -0.348 e. The number of nitrogens with one attached hydrogen (secondary N) is 2. The van der Waals surface area contributed by atoms with Gasteiger partial charge in [0, 0.05) is 0 Å². The number of hydrogen-bond donors (Lipinski definition) is 2. The average molecular weight is 401 g/mol. The molecule has 1 aliphatic heterocycles. The van der Waals surface area contributed by atoms with E-state index in [1.807, 2.05) is 0 Å². The molecule has 1 fully saturated rings. The molecule has 0 spiro atoms. The molecule has 2 atom stereocenters. The first kappa shape index (κ1) is 20.4. The highest BCUT2D eigenvalue weighted by molar-refractivity contribution is 6.09. The van der Waals surface area contributed by atoms with Gasteiger partial charge in [0.2, 0.25) is 5.91 Å². The van der Waals surface area contributed by atoms with Crippen molar-refractivity contribution in [3.63, 3.8) is 0 Å². The summed E-state index contributed by atoms with van der Waals surface area (Å²) in [5.74, 6) is -3.10. The van der Waals surface area contributed by atoms with Crippen molar-refractivity contribution in [3.05, 3.63) is 71.3 Å². The van der Waals surface area contributed by atoms with Crippen molar-refractivity contribution in [2.75, 3.05) is 6.54 Å². The Morgan fingerprint density at radius 2 is 1.83 bits per heavy atom. The van der Waals surface area contributed by atoms with Crippen molar-refractivity contribution in [1.82, 2.24) is 15.5 Å². The van der Waals surface area contributed by atoms with Gasteiger partial charge in [-0.15, -0.1) is 0 Å². The maximum Gasteiger partial charge on any atom is 0.325 e. The van der Waals surface area contributed by atoms with Gasteiger partial charge in [-0.25, -0.2) is 13.6 Å². The average Bonchev–Trinajstić information content (AvgIpc) is 2.95. The molecule has 2 aromatic rings. The van der Waals surface area contributed by atoms with Gasteiger partial charge >= 0.3 is 6.03 Å². The van der Waals surface area contributed by atoms with Crippen LogP contribution < -0.4 is 10.6 Å². The van der Waals surface area contributed by atoms with Crippen LogP contribution in [0, 0.1) is 11.6 Å². The first-order valence-corrected chi connectivity index (χ1v) is 9.22. The van der Waals surface area contributed by atoms with E-state index in [1.54, 1.807) is 44.2 Å². The fraction of sp³-hybridized carbons (Fsp3) is 0.286. The van der Waals surface area contributed by atoms with Crippen LogP contribution in [-0.2, 0) is 15.1 Å². The van der Waals surface area contributed by atoms with E-state index >= 15 is 0 Å². The second kappa shape index (κ2) is 7.98. The summed E-state index contributed by atoms with van der Waals surface area (Å²) in [6.45, 7) is 2.89. The normalized spacial score (nSPS) is 19.8. The second-order valence-corrected chi connectivity index (χ2v) is 6.91. The minimum absolute atomic E-state index is 0.324. The number of halogens is 2. The van der Waals surface area contributed by atoms with Crippen molar-refractivity contribution in [3.8, 4) is 0 Å². The molecule has 152 valence electrons. The summed E-state index contributed by atoms with van der Waals surface area (Å²) in [5.41, 5.74) is -0.217. The first-order chi connectivity index (χ1) is 13.8. The maximum absolute atomic E-state index is 13.4. The lowest BCUT2D eigenvalue weighted by molar-refractivity contribution is -0.135. The zero-order valence-corrected chi connectivity index (χ0v) is 16.0. The second-order valence-electron chi connectivity index (χ2n) is 6.91. The van der Waals surface area contributed by atoms with Crippen LogP contribution in [0.25, 0.3) is 0 Å². The SMILES string of the molecule is CCC1(c2ccccc2)NC(=O)N(CC(=O)NC(C)c2ccc(F)c(F)c2)C1=O.